The summed E-state index contributed by atoms with van der Waals surface area (Å²) in [7, 11) is -0.366. The number of nitrogens with two attached hydrogens (primary N) is 1. The number of benzene rings is 1. The lowest BCUT2D eigenvalue weighted by molar-refractivity contribution is 0.415. The van der Waals surface area contributed by atoms with Gasteiger partial charge in [0.05, 0.1) is 18.0 Å². The highest BCUT2D eigenvalue weighted by atomic mass is 32.2. The Morgan fingerprint density at radius 1 is 1.47 bits per heavy atom. The molecule has 96 valence electrons. The third-order valence-corrected chi connectivity index (χ3v) is 4.82. The maximum absolute atomic E-state index is 12.1. The van der Waals surface area contributed by atoms with Crippen LogP contribution in [0.5, 0.6) is 5.75 Å². The van der Waals surface area contributed by atoms with Crippen molar-refractivity contribution in [2.45, 2.75) is 12.2 Å². The molecule has 0 bridgehead atoms. The van der Waals surface area contributed by atoms with Crippen LogP contribution in [0.1, 0.15) is 6.92 Å². The maximum atomic E-state index is 12.1. The first kappa shape index (κ1) is 13.8. The van der Waals surface area contributed by atoms with Gasteiger partial charge in [-0.25, -0.2) is 8.42 Å². The van der Waals surface area contributed by atoms with Crippen LogP contribution in [0.4, 0.5) is 5.69 Å². The summed E-state index contributed by atoms with van der Waals surface area (Å²) in [5, 5.41) is -0.612. The van der Waals surface area contributed by atoms with Crippen LogP contribution in [0.2, 0.25) is 0 Å². The van der Waals surface area contributed by atoms with E-state index in [-0.39, 0.29) is 6.54 Å². The SMILES string of the molecule is COc1cccc(N(C)S(=O)(=O)C(C)CN)c1. The minimum atomic E-state index is -3.41. The summed E-state index contributed by atoms with van der Waals surface area (Å²) in [6.07, 6.45) is 0. The molecule has 1 unspecified atom stereocenters. The third-order valence-electron chi connectivity index (χ3n) is 2.64. The normalized spacial score (nSPS) is 13.2. The van der Waals surface area contributed by atoms with Crippen molar-refractivity contribution in [1.82, 2.24) is 0 Å². The minimum absolute atomic E-state index is 0.0939. The van der Waals surface area contributed by atoms with Crippen molar-refractivity contribution in [2.24, 2.45) is 5.73 Å². The molecule has 0 fully saturated rings. The Hall–Kier alpha value is -1.27. The lowest BCUT2D eigenvalue weighted by Crippen LogP contribution is -2.38. The molecule has 0 saturated carbocycles. The van der Waals surface area contributed by atoms with Gasteiger partial charge in [0.25, 0.3) is 0 Å². The number of hydrogen-bond acceptors (Lipinski definition) is 4. The van der Waals surface area contributed by atoms with Gasteiger partial charge in [0.1, 0.15) is 5.75 Å². The average molecular weight is 258 g/mol. The molecule has 0 amide bonds. The second-order valence-electron chi connectivity index (χ2n) is 3.76. The standard InChI is InChI=1S/C11H18N2O3S/c1-9(8-12)17(14,15)13(2)10-5-4-6-11(7-10)16-3/h4-7,9H,8,12H2,1-3H3. The van der Waals surface area contributed by atoms with Gasteiger partial charge in [0, 0.05) is 19.7 Å². The zero-order valence-corrected chi connectivity index (χ0v) is 11.1. The molecule has 1 aromatic carbocycles. The Bertz CT molecular complexity index is 473. The number of methoxy groups -OCH3 is 1. The molecule has 0 aliphatic rings. The van der Waals surface area contributed by atoms with Crippen molar-refractivity contribution >= 4 is 15.7 Å². The van der Waals surface area contributed by atoms with Crippen LogP contribution in [-0.2, 0) is 10.0 Å². The monoisotopic (exact) mass is 258 g/mol. The molecule has 1 rings (SSSR count). The second-order valence-corrected chi connectivity index (χ2v) is 6.14. The largest absolute Gasteiger partial charge is 0.497 e. The molecule has 0 radical (unpaired) electrons. The van der Waals surface area contributed by atoms with Crippen LogP contribution in [0.15, 0.2) is 24.3 Å². The lowest BCUT2D eigenvalue weighted by Gasteiger charge is -2.23. The summed E-state index contributed by atoms with van der Waals surface area (Å²) in [4.78, 5) is 0. The maximum Gasteiger partial charge on any atom is 0.238 e. The van der Waals surface area contributed by atoms with Crippen molar-refractivity contribution in [3.63, 3.8) is 0 Å². The highest BCUT2D eigenvalue weighted by Crippen LogP contribution is 2.23. The Labute approximate surface area is 102 Å². The minimum Gasteiger partial charge on any atom is -0.497 e. The predicted molar refractivity (Wildman–Crippen MR) is 68.8 cm³/mol. The van der Waals surface area contributed by atoms with Crippen molar-refractivity contribution < 1.29 is 13.2 Å². The summed E-state index contributed by atoms with van der Waals surface area (Å²) in [5.41, 5.74) is 5.96. The van der Waals surface area contributed by atoms with E-state index < -0.39 is 15.3 Å². The molecule has 0 heterocycles. The summed E-state index contributed by atoms with van der Waals surface area (Å²) < 4.78 is 30.4. The molecule has 2 N–H and O–H groups in total. The Balaban J connectivity index is 3.07. The molecule has 6 heteroatoms. The first-order valence-electron chi connectivity index (χ1n) is 5.25. The zero-order chi connectivity index (χ0) is 13.1. The molecule has 0 spiro atoms. The number of hydrogen-bond donors (Lipinski definition) is 1. The van der Waals surface area contributed by atoms with Gasteiger partial charge in [0.15, 0.2) is 0 Å². The number of anilines is 1. The molecule has 0 aliphatic carbocycles. The van der Waals surface area contributed by atoms with Gasteiger partial charge < -0.3 is 10.5 Å². The molecule has 0 saturated heterocycles. The zero-order valence-electron chi connectivity index (χ0n) is 10.3. The highest BCUT2D eigenvalue weighted by Gasteiger charge is 2.25. The first-order valence-corrected chi connectivity index (χ1v) is 6.75. The Morgan fingerprint density at radius 2 is 2.12 bits per heavy atom. The fourth-order valence-corrected chi connectivity index (χ4v) is 2.54. The molecular formula is C11H18N2O3S. The van der Waals surface area contributed by atoms with Crippen molar-refractivity contribution in [1.29, 1.82) is 0 Å². The quantitative estimate of drug-likeness (QED) is 0.848. The molecule has 1 atom stereocenters. The van der Waals surface area contributed by atoms with Crippen molar-refractivity contribution in [3.8, 4) is 5.75 Å². The Morgan fingerprint density at radius 3 is 2.65 bits per heavy atom. The summed E-state index contributed by atoms with van der Waals surface area (Å²) >= 11 is 0. The van der Waals surface area contributed by atoms with E-state index in [9.17, 15) is 8.42 Å². The molecule has 0 aromatic heterocycles. The number of nitrogens with zero attached hydrogens (tertiary/aromatic N) is 1. The summed E-state index contributed by atoms with van der Waals surface area (Å²) in [6, 6.07) is 6.88. The first-order chi connectivity index (χ1) is 7.93. The predicted octanol–water partition coefficient (Wildman–Crippen LogP) is 0.808. The van der Waals surface area contributed by atoms with Gasteiger partial charge in [-0.2, -0.15) is 0 Å². The third kappa shape index (κ3) is 2.89. The van der Waals surface area contributed by atoms with E-state index in [1.807, 2.05) is 0 Å². The Kier molecular flexibility index (Phi) is 4.36. The van der Waals surface area contributed by atoms with E-state index in [1.54, 1.807) is 31.2 Å². The van der Waals surface area contributed by atoms with E-state index in [4.69, 9.17) is 10.5 Å². The smallest absolute Gasteiger partial charge is 0.238 e. The molecular weight excluding hydrogens is 240 g/mol. The van der Waals surface area contributed by atoms with E-state index >= 15 is 0 Å². The molecule has 1 aromatic rings. The van der Waals surface area contributed by atoms with Gasteiger partial charge >= 0.3 is 0 Å². The summed E-state index contributed by atoms with van der Waals surface area (Å²) in [5.74, 6) is 0.616. The fraction of sp³-hybridized carbons (Fsp3) is 0.455. The number of ether oxygens (including phenoxy) is 1. The molecule has 17 heavy (non-hydrogen) atoms. The van der Waals surface area contributed by atoms with Gasteiger partial charge in [0.2, 0.25) is 10.0 Å². The van der Waals surface area contributed by atoms with Gasteiger partial charge in [-0.1, -0.05) is 6.07 Å². The van der Waals surface area contributed by atoms with Crippen LogP contribution < -0.4 is 14.8 Å². The highest BCUT2D eigenvalue weighted by molar-refractivity contribution is 7.93. The molecule has 5 nitrogen and oxygen atoms in total. The van der Waals surface area contributed by atoms with Crippen LogP contribution in [0.25, 0.3) is 0 Å². The van der Waals surface area contributed by atoms with E-state index in [0.29, 0.717) is 11.4 Å². The van der Waals surface area contributed by atoms with Gasteiger partial charge in [-0.15, -0.1) is 0 Å². The lowest BCUT2D eigenvalue weighted by atomic mass is 10.3. The number of sulfonamides is 1. The molecule has 0 aliphatic heterocycles. The fourth-order valence-electron chi connectivity index (χ4n) is 1.34. The van der Waals surface area contributed by atoms with E-state index in [0.717, 1.165) is 0 Å². The van der Waals surface area contributed by atoms with Crippen LogP contribution in [-0.4, -0.2) is 34.4 Å². The van der Waals surface area contributed by atoms with E-state index in [1.165, 1.54) is 18.5 Å². The van der Waals surface area contributed by atoms with Gasteiger partial charge in [-0.3, -0.25) is 4.31 Å². The van der Waals surface area contributed by atoms with E-state index in [2.05, 4.69) is 0 Å². The van der Waals surface area contributed by atoms with Crippen molar-refractivity contribution in [2.75, 3.05) is 25.0 Å². The summed E-state index contributed by atoms with van der Waals surface area (Å²) in [6.45, 7) is 1.68. The second kappa shape index (κ2) is 5.37. The van der Waals surface area contributed by atoms with Crippen molar-refractivity contribution in [3.05, 3.63) is 24.3 Å². The van der Waals surface area contributed by atoms with Crippen LogP contribution >= 0.6 is 0 Å². The number of rotatable bonds is 5. The average Bonchev–Trinajstić information content (AvgIpc) is 2.36. The van der Waals surface area contributed by atoms with Crippen LogP contribution in [0.3, 0.4) is 0 Å². The topological polar surface area (TPSA) is 72.6 Å². The van der Waals surface area contributed by atoms with Gasteiger partial charge in [-0.05, 0) is 19.1 Å². The van der Waals surface area contributed by atoms with Crippen LogP contribution in [0, 0.1) is 0 Å².